The van der Waals surface area contributed by atoms with E-state index in [9.17, 15) is 9.90 Å². The second-order valence-electron chi connectivity index (χ2n) is 5.95. The van der Waals surface area contributed by atoms with Gasteiger partial charge in [-0.25, -0.2) is 0 Å². The number of β-amino-alcohol motifs (C(OH)–C–C–N with tert-alkyl or cyclic N) is 1. The van der Waals surface area contributed by atoms with Crippen LogP contribution in [0.2, 0.25) is 0 Å². The summed E-state index contributed by atoms with van der Waals surface area (Å²) in [6, 6.07) is 6.29. The van der Waals surface area contributed by atoms with Crippen LogP contribution in [0.1, 0.15) is 23.1 Å². The van der Waals surface area contributed by atoms with Crippen molar-refractivity contribution in [3.05, 3.63) is 34.9 Å². The average molecular weight is 289 g/mol. The van der Waals surface area contributed by atoms with Crippen LogP contribution in [0, 0.1) is 5.92 Å². The molecule has 1 fully saturated rings. The molecule has 0 radical (unpaired) electrons. The summed E-state index contributed by atoms with van der Waals surface area (Å²) in [7, 11) is 0. The van der Waals surface area contributed by atoms with Gasteiger partial charge in [0.25, 0.3) is 0 Å². The van der Waals surface area contributed by atoms with Crippen LogP contribution in [0.15, 0.2) is 18.2 Å². The lowest BCUT2D eigenvalue weighted by Gasteiger charge is -2.21. The zero-order chi connectivity index (χ0) is 14.7. The number of aliphatic hydroxyl groups excluding tert-OH is 1. The van der Waals surface area contributed by atoms with E-state index in [2.05, 4.69) is 34.1 Å². The number of carbonyl (C=O) groups is 1. The normalized spacial score (nSPS) is 24.6. The molecule has 0 aromatic heterocycles. The molecule has 5 heteroatoms. The van der Waals surface area contributed by atoms with Crippen molar-refractivity contribution in [1.82, 2.24) is 16.0 Å². The second kappa shape index (κ2) is 6.56. The Balaban J connectivity index is 1.56. The maximum atomic E-state index is 12.0. The van der Waals surface area contributed by atoms with Crippen LogP contribution in [-0.4, -0.2) is 36.8 Å². The standard InChI is InChI=1S/C16H23N3O2/c20-15-10-18-8-13(15)6-16(21)19-9-12-3-1-2-11-7-17-5-4-14(11)12/h1-3,13,15,17-18,20H,4-10H2,(H,19,21)/t13-,15-/m1/s1. The lowest BCUT2D eigenvalue weighted by molar-refractivity contribution is -0.122. The predicted octanol–water partition coefficient (Wildman–Crippen LogP) is -0.0811. The molecule has 1 aromatic carbocycles. The number of nitrogens with one attached hydrogen (secondary N) is 3. The van der Waals surface area contributed by atoms with Crippen molar-refractivity contribution in [3.63, 3.8) is 0 Å². The Bertz CT molecular complexity index is 518. The first-order valence-electron chi connectivity index (χ1n) is 7.70. The number of carbonyl (C=O) groups excluding carboxylic acids is 1. The third-order valence-corrected chi connectivity index (χ3v) is 4.47. The van der Waals surface area contributed by atoms with Gasteiger partial charge >= 0.3 is 0 Å². The Morgan fingerprint density at radius 3 is 3.05 bits per heavy atom. The first-order valence-corrected chi connectivity index (χ1v) is 7.70. The Hall–Kier alpha value is -1.43. The number of hydrogen-bond acceptors (Lipinski definition) is 4. The van der Waals surface area contributed by atoms with Gasteiger partial charge in [-0.3, -0.25) is 4.79 Å². The van der Waals surface area contributed by atoms with Crippen LogP contribution in [0.25, 0.3) is 0 Å². The van der Waals surface area contributed by atoms with Crippen molar-refractivity contribution >= 4 is 5.91 Å². The minimum absolute atomic E-state index is 0.0225. The SMILES string of the molecule is O=C(C[C@@H]1CNC[C@H]1O)NCc1cccc2c1CCNC2. The van der Waals surface area contributed by atoms with E-state index in [4.69, 9.17) is 0 Å². The van der Waals surface area contributed by atoms with Crippen molar-refractivity contribution in [2.75, 3.05) is 19.6 Å². The molecule has 21 heavy (non-hydrogen) atoms. The fourth-order valence-corrected chi connectivity index (χ4v) is 3.21. The molecular weight excluding hydrogens is 266 g/mol. The molecule has 3 rings (SSSR count). The summed E-state index contributed by atoms with van der Waals surface area (Å²) in [5, 5.41) is 19.2. The van der Waals surface area contributed by atoms with E-state index in [1.807, 2.05) is 0 Å². The zero-order valence-corrected chi connectivity index (χ0v) is 12.2. The summed E-state index contributed by atoms with van der Waals surface area (Å²) in [5.74, 6) is 0.0631. The van der Waals surface area contributed by atoms with Gasteiger partial charge in [0.15, 0.2) is 0 Å². The van der Waals surface area contributed by atoms with Gasteiger partial charge in [0.05, 0.1) is 6.10 Å². The summed E-state index contributed by atoms with van der Waals surface area (Å²) in [5.41, 5.74) is 3.93. The molecule has 2 aliphatic rings. The molecule has 0 spiro atoms. The maximum Gasteiger partial charge on any atom is 0.220 e. The van der Waals surface area contributed by atoms with E-state index < -0.39 is 6.10 Å². The fourth-order valence-electron chi connectivity index (χ4n) is 3.21. The predicted molar refractivity (Wildman–Crippen MR) is 80.7 cm³/mol. The van der Waals surface area contributed by atoms with Crippen LogP contribution in [0.5, 0.6) is 0 Å². The number of aliphatic hydroxyl groups is 1. The molecule has 1 aromatic rings. The monoisotopic (exact) mass is 289 g/mol. The molecule has 2 aliphatic heterocycles. The quantitative estimate of drug-likeness (QED) is 0.625. The number of hydrogen-bond donors (Lipinski definition) is 4. The van der Waals surface area contributed by atoms with Crippen LogP contribution in [0.4, 0.5) is 0 Å². The van der Waals surface area contributed by atoms with E-state index in [0.717, 1.165) is 26.1 Å². The molecule has 0 aliphatic carbocycles. The van der Waals surface area contributed by atoms with E-state index >= 15 is 0 Å². The summed E-state index contributed by atoms with van der Waals surface area (Å²) in [4.78, 5) is 12.0. The van der Waals surface area contributed by atoms with Crippen LogP contribution >= 0.6 is 0 Å². The molecular formula is C16H23N3O2. The highest BCUT2D eigenvalue weighted by molar-refractivity contribution is 5.76. The molecule has 5 nitrogen and oxygen atoms in total. The summed E-state index contributed by atoms with van der Waals surface area (Å²) >= 11 is 0. The lowest BCUT2D eigenvalue weighted by atomic mass is 9.95. The number of amides is 1. The lowest BCUT2D eigenvalue weighted by Crippen LogP contribution is -2.30. The first-order chi connectivity index (χ1) is 10.2. The topological polar surface area (TPSA) is 73.4 Å². The number of rotatable bonds is 4. The number of fused-ring (bicyclic) bond motifs is 1. The van der Waals surface area contributed by atoms with Gasteiger partial charge in [-0.05, 0) is 29.7 Å². The minimum Gasteiger partial charge on any atom is -0.391 e. The fraction of sp³-hybridized carbons (Fsp3) is 0.562. The molecule has 1 saturated heterocycles. The number of benzene rings is 1. The van der Waals surface area contributed by atoms with Crippen LogP contribution in [-0.2, 0) is 24.3 Å². The molecule has 114 valence electrons. The third-order valence-electron chi connectivity index (χ3n) is 4.47. The minimum atomic E-state index is -0.397. The summed E-state index contributed by atoms with van der Waals surface area (Å²) < 4.78 is 0. The van der Waals surface area contributed by atoms with Crippen molar-refractivity contribution in [3.8, 4) is 0 Å². The smallest absolute Gasteiger partial charge is 0.220 e. The van der Waals surface area contributed by atoms with Gasteiger partial charge < -0.3 is 21.1 Å². The van der Waals surface area contributed by atoms with Gasteiger partial charge in [0.1, 0.15) is 0 Å². The van der Waals surface area contributed by atoms with Gasteiger partial charge in [-0.2, -0.15) is 0 Å². The molecule has 0 bridgehead atoms. The van der Waals surface area contributed by atoms with Crippen LogP contribution in [0.3, 0.4) is 0 Å². The van der Waals surface area contributed by atoms with Gasteiger partial charge in [-0.1, -0.05) is 18.2 Å². The highest BCUT2D eigenvalue weighted by Crippen LogP contribution is 2.19. The molecule has 2 atom stereocenters. The second-order valence-corrected chi connectivity index (χ2v) is 5.95. The zero-order valence-electron chi connectivity index (χ0n) is 12.2. The highest BCUT2D eigenvalue weighted by Gasteiger charge is 2.26. The third kappa shape index (κ3) is 3.43. The Morgan fingerprint density at radius 1 is 1.33 bits per heavy atom. The van der Waals surface area contributed by atoms with Crippen molar-refractivity contribution in [2.45, 2.75) is 32.0 Å². The Morgan fingerprint density at radius 2 is 2.24 bits per heavy atom. The summed E-state index contributed by atoms with van der Waals surface area (Å²) in [6.45, 7) is 3.81. The molecule has 2 heterocycles. The van der Waals surface area contributed by atoms with Crippen molar-refractivity contribution < 1.29 is 9.90 Å². The van der Waals surface area contributed by atoms with Crippen LogP contribution < -0.4 is 16.0 Å². The van der Waals surface area contributed by atoms with Gasteiger partial charge in [-0.15, -0.1) is 0 Å². The summed E-state index contributed by atoms with van der Waals surface area (Å²) in [6.07, 6.45) is 1.02. The van der Waals surface area contributed by atoms with E-state index in [-0.39, 0.29) is 11.8 Å². The molecule has 4 N–H and O–H groups in total. The maximum absolute atomic E-state index is 12.0. The Labute approximate surface area is 125 Å². The van der Waals surface area contributed by atoms with E-state index in [0.29, 0.717) is 19.5 Å². The van der Waals surface area contributed by atoms with E-state index in [1.54, 1.807) is 0 Å². The van der Waals surface area contributed by atoms with Gasteiger partial charge in [0, 0.05) is 38.5 Å². The van der Waals surface area contributed by atoms with Crippen molar-refractivity contribution in [2.24, 2.45) is 5.92 Å². The molecule has 0 saturated carbocycles. The molecule has 0 unspecified atom stereocenters. The average Bonchev–Trinajstić information content (AvgIpc) is 2.90. The molecule has 1 amide bonds. The Kier molecular flexibility index (Phi) is 4.53. The van der Waals surface area contributed by atoms with Crippen molar-refractivity contribution in [1.29, 1.82) is 0 Å². The first kappa shape index (κ1) is 14.5. The van der Waals surface area contributed by atoms with Gasteiger partial charge in [0.2, 0.25) is 5.91 Å². The largest absolute Gasteiger partial charge is 0.391 e. The highest BCUT2D eigenvalue weighted by atomic mass is 16.3. The van der Waals surface area contributed by atoms with E-state index in [1.165, 1.54) is 16.7 Å².